The number of hydrogen-bond acceptors (Lipinski definition) is 9. The smallest absolute Gasteiger partial charge is 0.381 e. The molecule has 4 atom stereocenters. The van der Waals surface area contributed by atoms with Gasteiger partial charge in [-0.1, -0.05) is 30.3 Å². The van der Waals surface area contributed by atoms with Gasteiger partial charge < -0.3 is 14.2 Å². The summed E-state index contributed by atoms with van der Waals surface area (Å²) in [4.78, 5) is 47.2. The van der Waals surface area contributed by atoms with Gasteiger partial charge in [-0.2, -0.15) is 5.10 Å². The van der Waals surface area contributed by atoms with Crippen LogP contribution < -0.4 is 11.4 Å². The fraction of sp³-hybridized carbons (Fsp3) is 0.396. The van der Waals surface area contributed by atoms with E-state index in [9.17, 15) is 13.8 Å². The van der Waals surface area contributed by atoms with E-state index in [4.69, 9.17) is 19.1 Å². The topological polar surface area (TPSA) is 179 Å². The lowest BCUT2D eigenvalue weighted by Gasteiger charge is -2.34. The minimum atomic E-state index is -2.83. The van der Waals surface area contributed by atoms with Crippen molar-refractivity contribution in [3.05, 3.63) is 145 Å². The second kappa shape index (κ2) is 14.6. The SMILES string of the molecule is Cc1cc(-n2nc3c(c2-n2ccn(-c4ccc(C5([S@](C)(=N)=O)CC5)cc4)c2=O)[C@H](C)N(C(=O)c2cc4cc(C5CCOCC5)ccc4n2[C@@]2(c4noc(=O)[nH]4)C[C@@H]2C)CC3)cc(C)c1F. The van der Waals surface area contributed by atoms with E-state index in [1.807, 2.05) is 46.7 Å². The van der Waals surface area contributed by atoms with Gasteiger partial charge in [0.2, 0.25) is 0 Å². The summed E-state index contributed by atoms with van der Waals surface area (Å²) in [7, 11) is -2.83. The third-order valence-corrected chi connectivity index (χ3v) is 16.9. The predicted octanol–water partition coefficient (Wildman–Crippen LogP) is 7.30. The summed E-state index contributed by atoms with van der Waals surface area (Å²) in [5.41, 5.74) is 5.47. The average molecular weight is 900 g/mol. The van der Waals surface area contributed by atoms with Crippen molar-refractivity contribution in [2.24, 2.45) is 5.92 Å². The van der Waals surface area contributed by atoms with Crippen molar-refractivity contribution >= 4 is 26.5 Å². The normalized spacial score (nSPS) is 22.5. The number of benzene rings is 3. The maximum absolute atomic E-state index is 15.5. The molecule has 2 N–H and O–H groups in total. The molecule has 2 aliphatic carbocycles. The molecule has 4 aromatic heterocycles. The van der Waals surface area contributed by atoms with Crippen LogP contribution in [0.25, 0.3) is 28.1 Å². The van der Waals surface area contributed by atoms with Crippen LogP contribution in [0.5, 0.6) is 0 Å². The fourth-order valence-electron chi connectivity index (χ4n) is 10.9. The summed E-state index contributed by atoms with van der Waals surface area (Å²) in [5.74, 6) is -0.0721. The molecule has 0 unspecified atom stereocenters. The largest absolute Gasteiger partial charge is 0.438 e. The number of nitrogens with zero attached hydrogens (tertiary/aromatic N) is 7. The van der Waals surface area contributed by atoms with Crippen molar-refractivity contribution in [1.29, 1.82) is 4.78 Å². The van der Waals surface area contributed by atoms with Crippen molar-refractivity contribution in [3.63, 3.8) is 0 Å². The number of carbonyl (C=O) groups excluding carboxylic acids is 1. The van der Waals surface area contributed by atoms with Crippen molar-refractivity contribution < 1.29 is 22.7 Å². The summed E-state index contributed by atoms with van der Waals surface area (Å²) in [6.45, 7) is 9.13. The Bertz CT molecular complexity index is 3300. The van der Waals surface area contributed by atoms with Gasteiger partial charge >= 0.3 is 11.4 Å². The lowest BCUT2D eigenvalue weighted by Crippen LogP contribution is -2.41. The molecule has 6 heterocycles. The van der Waals surface area contributed by atoms with Crippen molar-refractivity contribution in [2.45, 2.75) is 88.5 Å². The Morgan fingerprint density at radius 2 is 1.65 bits per heavy atom. The van der Waals surface area contributed by atoms with Crippen LogP contribution in [0.3, 0.4) is 0 Å². The second-order valence-electron chi connectivity index (χ2n) is 18.7. The van der Waals surface area contributed by atoms with Gasteiger partial charge in [0.15, 0.2) is 5.82 Å². The molecule has 4 aliphatic rings. The molecule has 3 aromatic carbocycles. The molecule has 336 valence electrons. The molecule has 11 rings (SSSR count). The summed E-state index contributed by atoms with van der Waals surface area (Å²) >= 11 is 0. The summed E-state index contributed by atoms with van der Waals surface area (Å²) in [5, 5.41) is 10.2. The Hall–Kier alpha value is -6.33. The first-order valence-corrected chi connectivity index (χ1v) is 24.2. The number of fused-ring (bicyclic) bond motifs is 2. The highest BCUT2D eigenvalue weighted by Gasteiger charge is 2.59. The lowest BCUT2D eigenvalue weighted by molar-refractivity contribution is 0.0663. The minimum Gasteiger partial charge on any atom is -0.381 e. The molecule has 2 aliphatic heterocycles. The molecule has 7 aromatic rings. The molecule has 17 heteroatoms. The monoisotopic (exact) mass is 899 g/mol. The Labute approximate surface area is 373 Å². The zero-order valence-corrected chi connectivity index (χ0v) is 37.7. The number of halogens is 1. The van der Waals surface area contributed by atoms with Crippen LogP contribution in [-0.2, 0) is 31.2 Å². The molecular formula is C48H50FN9O6S. The van der Waals surface area contributed by atoms with E-state index >= 15 is 9.18 Å². The van der Waals surface area contributed by atoms with Crippen LogP contribution >= 0.6 is 0 Å². The second-order valence-corrected chi connectivity index (χ2v) is 21.1. The number of hydrogen-bond donors (Lipinski definition) is 2. The summed E-state index contributed by atoms with van der Waals surface area (Å²) < 4.78 is 53.1. The predicted molar refractivity (Wildman–Crippen MR) is 241 cm³/mol. The average Bonchev–Trinajstić information content (AvgIpc) is 3.96. The first-order chi connectivity index (χ1) is 31.1. The van der Waals surface area contributed by atoms with Gasteiger partial charge in [0.25, 0.3) is 5.91 Å². The third kappa shape index (κ3) is 6.28. The lowest BCUT2D eigenvalue weighted by atomic mass is 9.91. The quantitative estimate of drug-likeness (QED) is 0.152. The number of nitrogens with one attached hydrogen (secondary N) is 2. The first-order valence-electron chi connectivity index (χ1n) is 22.3. The number of aryl methyl sites for hydroxylation is 2. The van der Waals surface area contributed by atoms with E-state index in [2.05, 4.69) is 35.3 Å². The number of ether oxygens (including phenoxy) is 1. The van der Waals surface area contributed by atoms with Gasteiger partial charge in [0, 0.05) is 61.3 Å². The molecule has 3 fully saturated rings. The number of aromatic nitrogens is 7. The number of aromatic amines is 1. The highest BCUT2D eigenvalue weighted by atomic mass is 32.2. The number of imidazole rings is 1. The first kappa shape index (κ1) is 41.4. The third-order valence-electron chi connectivity index (χ3n) is 14.8. The summed E-state index contributed by atoms with van der Waals surface area (Å²) in [6.07, 6.45) is 9.03. The molecule has 1 saturated heterocycles. The highest BCUT2D eigenvalue weighted by Crippen LogP contribution is 2.56. The van der Waals surface area contributed by atoms with E-state index < -0.39 is 31.8 Å². The van der Waals surface area contributed by atoms with Crippen LogP contribution in [0.4, 0.5) is 4.39 Å². The Morgan fingerprint density at radius 1 is 0.954 bits per heavy atom. The minimum absolute atomic E-state index is 0.0195. The Morgan fingerprint density at radius 3 is 2.28 bits per heavy atom. The van der Waals surface area contributed by atoms with Crippen LogP contribution in [0, 0.1) is 30.4 Å². The molecule has 1 amide bonds. The van der Waals surface area contributed by atoms with E-state index in [0.29, 0.717) is 102 Å². The van der Waals surface area contributed by atoms with E-state index in [1.165, 1.54) is 21.0 Å². The number of carbonyl (C=O) groups is 1. The fourth-order valence-corrected chi connectivity index (χ4v) is 12.4. The maximum atomic E-state index is 15.5. The highest BCUT2D eigenvalue weighted by molar-refractivity contribution is 7.93. The van der Waals surface area contributed by atoms with E-state index in [1.54, 1.807) is 43.1 Å². The van der Waals surface area contributed by atoms with E-state index in [0.717, 1.165) is 29.3 Å². The molecular weight excluding hydrogens is 850 g/mol. The van der Waals surface area contributed by atoms with Crippen LogP contribution in [-0.4, -0.2) is 74.7 Å². The molecule has 0 spiro atoms. The molecule has 65 heavy (non-hydrogen) atoms. The molecule has 15 nitrogen and oxygen atoms in total. The van der Waals surface area contributed by atoms with Crippen LogP contribution in [0.15, 0.2) is 87.2 Å². The zero-order chi connectivity index (χ0) is 45.3. The van der Waals surface area contributed by atoms with Crippen molar-refractivity contribution in [3.8, 4) is 17.2 Å². The summed E-state index contributed by atoms with van der Waals surface area (Å²) in [6, 6.07) is 18.5. The number of H-pyrrole nitrogens is 1. The van der Waals surface area contributed by atoms with Crippen molar-refractivity contribution in [2.75, 3.05) is 26.0 Å². The van der Waals surface area contributed by atoms with Gasteiger partial charge in [0.1, 0.15) is 22.9 Å². The van der Waals surface area contributed by atoms with Crippen LogP contribution in [0.1, 0.15) is 108 Å². The van der Waals surface area contributed by atoms with E-state index in [-0.39, 0.29) is 23.3 Å². The van der Waals surface area contributed by atoms with Crippen LogP contribution in [0.2, 0.25) is 0 Å². The Balaban J connectivity index is 1.03. The molecule has 0 radical (unpaired) electrons. The molecule has 0 bridgehead atoms. The standard InChI is InChI=1S/C48H50FN9O6S/c1-27-22-36(23-28(2)41(27)49)58-42(56-19-18-55(46(56)61)35-9-7-34(8-10-35)47(15-16-47)65(5,50)62)40-30(4)54(17-12-37(40)52-58)43(59)39-25-33-24-32(31-13-20-63-21-14-31)6-11-38(33)57(39)48(26-29(48)3)44-51-45(60)64-53-44/h6-11,18-19,22-25,29-31,50H,12-17,20-21,26H2,1-5H3,(H,51,53,60)/t29-,30-,48-,65+/m0/s1. The zero-order valence-electron chi connectivity index (χ0n) is 36.9. The van der Waals surface area contributed by atoms with Gasteiger partial charge in [-0.3, -0.25) is 28.2 Å². The van der Waals surface area contributed by atoms with Gasteiger partial charge in [-0.15, -0.1) is 0 Å². The maximum Gasteiger partial charge on any atom is 0.438 e. The Kier molecular flexibility index (Phi) is 9.29. The van der Waals surface area contributed by atoms with Gasteiger partial charge in [-0.25, -0.2) is 22.9 Å². The van der Waals surface area contributed by atoms with Crippen molar-refractivity contribution in [1.82, 2.24) is 38.5 Å². The van der Waals surface area contributed by atoms with Gasteiger partial charge in [0.05, 0.1) is 37.6 Å². The molecule has 2 saturated carbocycles. The van der Waals surface area contributed by atoms with Gasteiger partial charge in [-0.05, 0) is 129 Å². The number of rotatable bonds is 9. The number of amides is 1.